The van der Waals surface area contributed by atoms with Crippen LogP contribution in [0.25, 0.3) is 22.3 Å². The van der Waals surface area contributed by atoms with Crippen molar-refractivity contribution >= 4 is 16.9 Å². The molecule has 8 heteroatoms. The van der Waals surface area contributed by atoms with E-state index in [-0.39, 0.29) is 40.0 Å². The predicted molar refractivity (Wildman–Crippen MR) is 90.3 cm³/mol. The van der Waals surface area contributed by atoms with E-state index in [9.17, 15) is 30.0 Å². The van der Waals surface area contributed by atoms with E-state index in [2.05, 4.69) is 4.74 Å². The molecule has 8 nitrogen and oxygen atoms in total. The molecule has 4 N–H and O–H groups in total. The van der Waals surface area contributed by atoms with Gasteiger partial charge in [0.05, 0.1) is 13.5 Å². The van der Waals surface area contributed by atoms with Crippen molar-refractivity contribution in [1.82, 2.24) is 0 Å². The summed E-state index contributed by atoms with van der Waals surface area (Å²) in [6.07, 6.45) is -0.383. The van der Waals surface area contributed by atoms with Gasteiger partial charge in [0.15, 0.2) is 16.9 Å². The number of carbonyl (C=O) groups excluding carboxylic acids is 1. The van der Waals surface area contributed by atoms with E-state index in [1.807, 2.05) is 0 Å². The van der Waals surface area contributed by atoms with Gasteiger partial charge in [0.2, 0.25) is 0 Å². The smallest absolute Gasteiger partial charge is 0.310 e. The van der Waals surface area contributed by atoms with Gasteiger partial charge in [0.1, 0.15) is 28.2 Å². The number of hydrogen-bond acceptors (Lipinski definition) is 8. The van der Waals surface area contributed by atoms with E-state index in [4.69, 9.17) is 4.42 Å². The van der Waals surface area contributed by atoms with Crippen LogP contribution in [0.2, 0.25) is 0 Å². The second kappa shape index (κ2) is 6.32. The first kappa shape index (κ1) is 17.2. The van der Waals surface area contributed by atoms with Crippen molar-refractivity contribution in [3.8, 4) is 34.3 Å². The molecule has 0 aliphatic heterocycles. The first-order valence-corrected chi connectivity index (χ1v) is 7.42. The van der Waals surface area contributed by atoms with Crippen molar-refractivity contribution < 1.29 is 34.4 Å². The Morgan fingerprint density at radius 1 is 1.00 bits per heavy atom. The quantitative estimate of drug-likeness (QED) is 0.412. The summed E-state index contributed by atoms with van der Waals surface area (Å²) in [4.78, 5) is 24.0. The zero-order valence-electron chi connectivity index (χ0n) is 13.5. The van der Waals surface area contributed by atoms with Crippen LogP contribution in [-0.4, -0.2) is 33.5 Å². The third kappa shape index (κ3) is 2.88. The Kier molecular flexibility index (Phi) is 4.17. The molecule has 0 saturated carbocycles. The lowest BCUT2D eigenvalue weighted by Gasteiger charge is -2.11. The summed E-state index contributed by atoms with van der Waals surface area (Å²) in [6.45, 7) is 0. The molecule has 0 amide bonds. The molecule has 0 radical (unpaired) electrons. The molecule has 0 bridgehead atoms. The Bertz CT molecular complexity index is 1080. The number of phenolic OH excluding ortho intramolecular Hbond substituents is 4. The number of carbonyl (C=O) groups is 1. The lowest BCUT2D eigenvalue weighted by molar-refractivity contribution is -0.139. The van der Waals surface area contributed by atoms with E-state index in [1.54, 1.807) is 0 Å². The van der Waals surface area contributed by atoms with Crippen LogP contribution in [0.4, 0.5) is 0 Å². The maximum atomic E-state index is 12.4. The molecule has 26 heavy (non-hydrogen) atoms. The zero-order chi connectivity index (χ0) is 19.0. The predicted octanol–water partition coefficient (Wildman–Crippen LogP) is 2.00. The number of esters is 1. The third-order valence-corrected chi connectivity index (χ3v) is 3.87. The molecule has 1 heterocycles. The fourth-order valence-corrected chi connectivity index (χ4v) is 2.56. The van der Waals surface area contributed by atoms with E-state index in [0.29, 0.717) is 0 Å². The van der Waals surface area contributed by atoms with Crippen molar-refractivity contribution in [2.75, 3.05) is 7.11 Å². The summed E-state index contributed by atoms with van der Waals surface area (Å²) in [5, 5.41) is 38.9. The average molecular weight is 358 g/mol. The maximum Gasteiger partial charge on any atom is 0.310 e. The summed E-state index contributed by atoms with van der Waals surface area (Å²) in [5.74, 6) is -2.37. The minimum atomic E-state index is -0.678. The largest absolute Gasteiger partial charge is 0.507 e. The number of fused-ring (bicyclic) bond motifs is 1. The first-order chi connectivity index (χ1) is 12.3. The van der Waals surface area contributed by atoms with Crippen LogP contribution in [0.1, 0.15) is 5.56 Å². The standard InChI is InChI=1S/C18H14O8/c1-25-16(24)5-9-11(20)6-13(22)17-14(23)7-15(26-18(9)17)8-2-3-10(19)12(21)4-8/h2-4,6-7,19-22H,5H2,1H3. The van der Waals surface area contributed by atoms with Crippen LogP contribution in [0, 0.1) is 0 Å². The number of hydrogen-bond donors (Lipinski definition) is 4. The summed E-state index contributed by atoms with van der Waals surface area (Å²) >= 11 is 0. The highest BCUT2D eigenvalue weighted by Crippen LogP contribution is 2.36. The van der Waals surface area contributed by atoms with Gasteiger partial charge in [0.25, 0.3) is 0 Å². The van der Waals surface area contributed by atoms with Gasteiger partial charge in [-0.15, -0.1) is 0 Å². The normalized spacial score (nSPS) is 10.8. The Morgan fingerprint density at radius 2 is 1.73 bits per heavy atom. The number of benzene rings is 2. The van der Waals surface area contributed by atoms with Crippen molar-refractivity contribution in [2.24, 2.45) is 0 Å². The fourth-order valence-electron chi connectivity index (χ4n) is 2.56. The molecule has 0 aliphatic rings. The SMILES string of the molecule is COC(=O)Cc1c(O)cc(O)c2c(=O)cc(-c3ccc(O)c(O)c3)oc12. The molecular formula is C18H14O8. The molecule has 0 aliphatic carbocycles. The number of ether oxygens (including phenoxy) is 1. The molecule has 2 aromatic carbocycles. The average Bonchev–Trinajstić information content (AvgIpc) is 2.59. The van der Waals surface area contributed by atoms with Gasteiger partial charge in [-0.1, -0.05) is 0 Å². The van der Waals surface area contributed by atoms with Crippen molar-refractivity contribution in [3.63, 3.8) is 0 Å². The molecule has 0 fully saturated rings. The molecule has 0 saturated heterocycles. The second-order valence-corrected chi connectivity index (χ2v) is 5.53. The Balaban J connectivity index is 2.31. The number of phenols is 4. The molecular weight excluding hydrogens is 344 g/mol. The highest BCUT2D eigenvalue weighted by atomic mass is 16.5. The van der Waals surface area contributed by atoms with Gasteiger partial charge in [-0.25, -0.2) is 0 Å². The van der Waals surface area contributed by atoms with Crippen LogP contribution in [0.3, 0.4) is 0 Å². The van der Waals surface area contributed by atoms with Crippen LogP contribution in [0.5, 0.6) is 23.0 Å². The number of aromatic hydroxyl groups is 4. The molecule has 134 valence electrons. The molecule has 1 aromatic heterocycles. The molecule has 0 spiro atoms. The molecule has 0 atom stereocenters. The van der Waals surface area contributed by atoms with E-state index in [1.165, 1.54) is 25.3 Å². The maximum absolute atomic E-state index is 12.4. The topological polar surface area (TPSA) is 137 Å². The highest BCUT2D eigenvalue weighted by molar-refractivity contribution is 5.91. The van der Waals surface area contributed by atoms with Crippen molar-refractivity contribution in [2.45, 2.75) is 6.42 Å². The van der Waals surface area contributed by atoms with Crippen LogP contribution in [-0.2, 0) is 16.0 Å². The number of methoxy groups -OCH3 is 1. The summed E-state index contributed by atoms with van der Waals surface area (Å²) in [7, 11) is 1.17. The van der Waals surface area contributed by atoms with Gasteiger partial charge >= 0.3 is 5.97 Å². The monoisotopic (exact) mass is 358 g/mol. The van der Waals surface area contributed by atoms with Gasteiger partial charge in [-0.05, 0) is 18.2 Å². The minimum Gasteiger partial charge on any atom is -0.507 e. The first-order valence-electron chi connectivity index (χ1n) is 7.42. The van der Waals surface area contributed by atoms with Gasteiger partial charge < -0.3 is 29.6 Å². The van der Waals surface area contributed by atoms with Gasteiger partial charge in [0, 0.05) is 23.3 Å². The Morgan fingerprint density at radius 3 is 2.38 bits per heavy atom. The fraction of sp³-hybridized carbons (Fsp3) is 0.111. The van der Waals surface area contributed by atoms with Gasteiger partial charge in [-0.2, -0.15) is 0 Å². The van der Waals surface area contributed by atoms with Crippen molar-refractivity contribution in [3.05, 3.63) is 46.1 Å². The summed E-state index contributed by atoms with van der Waals surface area (Å²) < 4.78 is 10.2. The van der Waals surface area contributed by atoms with Crippen LogP contribution >= 0.6 is 0 Å². The summed E-state index contributed by atoms with van der Waals surface area (Å²) in [5.41, 5.74) is -0.543. The zero-order valence-corrected chi connectivity index (χ0v) is 13.5. The van der Waals surface area contributed by atoms with Gasteiger partial charge in [-0.3, -0.25) is 9.59 Å². The van der Waals surface area contributed by atoms with E-state index >= 15 is 0 Å². The molecule has 3 rings (SSSR count). The molecule has 0 unspecified atom stereocenters. The minimum absolute atomic E-state index is 0.00826. The van der Waals surface area contributed by atoms with Crippen LogP contribution in [0.15, 0.2) is 39.5 Å². The lowest BCUT2D eigenvalue weighted by Crippen LogP contribution is -2.08. The van der Waals surface area contributed by atoms with E-state index < -0.39 is 28.6 Å². The Labute approximate surface area is 146 Å². The Hall–Kier alpha value is -3.68. The summed E-state index contributed by atoms with van der Waals surface area (Å²) in [6, 6.07) is 5.84. The van der Waals surface area contributed by atoms with Crippen molar-refractivity contribution in [1.29, 1.82) is 0 Å². The lowest BCUT2D eigenvalue weighted by atomic mass is 10.0. The number of rotatable bonds is 3. The second-order valence-electron chi connectivity index (χ2n) is 5.53. The third-order valence-electron chi connectivity index (χ3n) is 3.87. The highest BCUT2D eigenvalue weighted by Gasteiger charge is 2.20. The van der Waals surface area contributed by atoms with E-state index in [0.717, 1.165) is 12.1 Å². The van der Waals surface area contributed by atoms with Crippen LogP contribution < -0.4 is 5.43 Å². The molecule has 3 aromatic rings.